The minimum Gasteiger partial charge on any atom is -0.491 e. The normalized spacial score (nSPS) is 11.0. The number of pyridine rings is 1. The highest BCUT2D eigenvalue weighted by Gasteiger charge is 2.05. The topological polar surface area (TPSA) is 42.4 Å². The van der Waals surface area contributed by atoms with E-state index in [-0.39, 0.29) is 12.0 Å². The van der Waals surface area contributed by atoms with Crippen molar-refractivity contribution in [2.45, 2.75) is 26.4 Å². The lowest BCUT2D eigenvalue weighted by Crippen LogP contribution is -2.27. The van der Waals surface area contributed by atoms with E-state index in [1.807, 2.05) is 63.4 Å². The molecule has 126 valence electrons. The largest absolute Gasteiger partial charge is 0.491 e. The first-order valence-electron chi connectivity index (χ1n) is 8.13. The Morgan fingerprint density at radius 1 is 1.25 bits per heavy atom. The summed E-state index contributed by atoms with van der Waals surface area (Å²) >= 11 is 0. The minimum absolute atomic E-state index is 0.0146. The SMILES string of the molecule is CC(C)Oc1cccc(/C=C/C(=O)N(C)CCc2ccncc2)c1. The molecule has 2 aromatic rings. The summed E-state index contributed by atoms with van der Waals surface area (Å²) in [6.07, 6.45) is 7.90. The van der Waals surface area contributed by atoms with Crippen molar-refractivity contribution in [2.75, 3.05) is 13.6 Å². The minimum atomic E-state index is -0.0146. The zero-order valence-corrected chi connectivity index (χ0v) is 14.5. The van der Waals surface area contributed by atoms with Crippen molar-refractivity contribution in [3.8, 4) is 5.75 Å². The van der Waals surface area contributed by atoms with Crippen molar-refractivity contribution < 1.29 is 9.53 Å². The third-order valence-corrected chi connectivity index (χ3v) is 3.51. The van der Waals surface area contributed by atoms with E-state index in [1.165, 1.54) is 5.56 Å². The van der Waals surface area contributed by atoms with Gasteiger partial charge in [-0.1, -0.05) is 12.1 Å². The van der Waals surface area contributed by atoms with Gasteiger partial charge in [0.15, 0.2) is 0 Å². The number of nitrogens with zero attached hydrogens (tertiary/aromatic N) is 2. The number of amides is 1. The second-order valence-electron chi connectivity index (χ2n) is 5.94. The Balaban J connectivity index is 1.89. The van der Waals surface area contributed by atoms with E-state index in [4.69, 9.17) is 4.74 Å². The molecule has 0 unspecified atom stereocenters. The fraction of sp³-hybridized carbons (Fsp3) is 0.300. The van der Waals surface area contributed by atoms with Gasteiger partial charge >= 0.3 is 0 Å². The molecule has 2 rings (SSSR count). The lowest BCUT2D eigenvalue weighted by Gasteiger charge is -2.15. The van der Waals surface area contributed by atoms with Gasteiger partial charge in [-0.05, 0) is 61.7 Å². The number of carbonyl (C=O) groups is 1. The molecule has 0 N–H and O–H groups in total. The molecule has 0 saturated carbocycles. The van der Waals surface area contributed by atoms with Crippen LogP contribution in [0.15, 0.2) is 54.9 Å². The van der Waals surface area contributed by atoms with Crippen LogP contribution in [0.25, 0.3) is 6.08 Å². The standard InChI is InChI=1S/C20H24N2O2/c1-16(2)24-19-6-4-5-18(15-19)7-8-20(23)22(3)14-11-17-9-12-21-13-10-17/h4-10,12-13,15-16H,11,14H2,1-3H3/b8-7+. The maximum Gasteiger partial charge on any atom is 0.246 e. The van der Waals surface area contributed by atoms with Crippen molar-refractivity contribution >= 4 is 12.0 Å². The molecule has 0 aliphatic rings. The molecule has 24 heavy (non-hydrogen) atoms. The third kappa shape index (κ3) is 5.88. The monoisotopic (exact) mass is 324 g/mol. The Labute approximate surface area is 143 Å². The van der Waals surface area contributed by atoms with Crippen molar-refractivity contribution in [2.24, 2.45) is 0 Å². The summed E-state index contributed by atoms with van der Waals surface area (Å²) in [6.45, 7) is 4.65. The lowest BCUT2D eigenvalue weighted by molar-refractivity contribution is -0.124. The molecule has 1 heterocycles. The first kappa shape index (κ1) is 17.7. The van der Waals surface area contributed by atoms with E-state index in [1.54, 1.807) is 23.4 Å². The summed E-state index contributed by atoms with van der Waals surface area (Å²) in [6, 6.07) is 11.7. The van der Waals surface area contributed by atoms with Crippen LogP contribution in [0.4, 0.5) is 0 Å². The molecule has 1 aromatic carbocycles. The van der Waals surface area contributed by atoms with Gasteiger partial charge in [-0.3, -0.25) is 9.78 Å². The molecule has 0 fully saturated rings. The Hall–Kier alpha value is -2.62. The van der Waals surface area contributed by atoms with Gasteiger partial charge in [0.05, 0.1) is 6.10 Å². The molecule has 0 bridgehead atoms. The fourth-order valence-electron chi connectivity index (χ4n) is 2.21. The van der Waals surface area contributed by atoms with Crippen molar-refractivity contribution in [3.63, 3.8) is 0 Å². The zero-order valence-electron chi connectivity index (χ0n) is 14.5. The van der Waals surface area contributed by atoms with E-state index in [2.05, 4.69) is 4.98 Å². The van der Waals surface area contributed by atoms with Crippen LogP contribution in [0.2, 0.25) is 0 Å². The predicted molar refractivity (Wildman–Crippen MR) is 96.8 cm³/mol. The Morgan fingerprint density at radius 2 is 2.00 bits per heavy atom. The average molecular weight is 324 g/mol. The van der Waals surface area contributed by atoms with E-state index < -0.39 is 0 Å². The van der Waals surface area contributed by atoms with Gasteiger partial charge in [0.2, 0.25) is 5.91 Å². The summed E-state index contributed by atoms with van der Waals surface area (Å²) in [7, 11) is 1.81. The summed E-state index contributed by atoms with van der Waals surface area (Å²) < 4.78 is 5.66. The number of hydrogen-bond donors (Lipinski definition) is 0. The van der Waals surface area contributed by atoms with E-state index in [0.29, 0.717) is 6.54 Å². The number of aromatic nitrogens is 1. The van der Waals surface area contributed by atoms with E-state index in [0.717, 1.165) is 17.7 Å². The van der Waals surface area contributed by atoms with Gasteiger partial charge in [-0.15, -0.1) is 0 Å². The quantitative estimate of drug-likeness (QED) is 0.731. The third-order valence-electron chi connectivity index (χ3n) is 3.51. The van der Waals surface area contributed by atoms with Crippen LogP contribution < -0.4 is 4.74 Å². The maximum absolute atomic E-state index is 12.2. The van der Waals surface area contributed by atoms with Gasteiger partial charge in [0.25, 0.3) is 0 Å². The predicted octanol–water partition coefficient (Wildman–Crippen LogP) is 3.58. The van der Waals surface area contributed by atoms with Gasteiger partial charge in [0, 0.05) is 32.1 Å². The van der Waals surface area contributed by atoms with Crippen LogP contribution in [0.5, 0.6) is 5.75 Å². The van der Waals surface area contributed by atoms with Gasteiger partial charge in [0.1, 0.15) is 5.75 Å². The highest BCUT2D eigenvalue weighted by Crippen LogP contribution is 2.16. The average Bonchev–Trinajstić information content (AvgIpc) is 2.58. The second-order valence-corrected chi connectivity index (χ2v) is 5.94. The summed E-state index contributed by atoms with van der Waals surface area (Å²) in [5.74, 6) is 0.796. The Bertz CT molecular complexity index is 681. The van der Waals surface area contributed by atoms with Crippen molar-refractivity contribution in [1.29, 1.82) is 0 Å². The zero-order chi connectivity index (χ0) is 17.4. The fourth-order valence-corrected chi connectivity index (χ4v) is 2.21. The van der Waals surface area contributed by atoms with E-state index >= 15 is 0 Å². The number of ether oxygens (including phenoxy) is 1. The first-order chi connectivity index (χ1) is 11.5. The second kappa shape index (κ2) is 8.87. The Kier molecular flexibility index (Phi) is 6.55. The van der Waals surface area contributed by atoms with Gasteiger partial charge in [-0.25, -0.2) is 0 Å². The maximum atomic E-state index is 12.2. The number of hydrogen-bond acceptors (Lipinski definition) is 3. The van der Waals surface area contributed by atoms with Crippen LogP contribution >= 0.6 is 0 Å². The Morgan fingerprint density at radius 3 is 2.71 bits per heavy atom. The smallest absolute Gasteiger partial charge is 0.246 e. The molecule has 0 spiro atoms. The molecular formula is C20H24N2O2. The molecule has 1 aromatic heterocycles. The molecule has 4 heteroatoms. The van der Waals surface area contributed by atoms with Gasteiger partial charge < -0.3 is 9.64 Å². The molecule has 4 nitrogen and oxygen atoms in total. The van der Waals surface area contributed by atoms with Crippen LogP contribution in [0, 0.1) is 0 Å². The molecule has 0 aliphatic carbocycles. The van der Waals surface area contributed by atoms with Crippen LogP contribution in [0.3, 0.4) is 0 Å². The van der Waals surface area contributed by atoms with Crippen LogP contribution in [-0.2, 0) is 11.2 Å². The summed E-state index contributed by atoms with van der Waals surface area (Å²) in [4.78, 5) is 17.9. The number of carbonyl (C=O) groups excluding carboxylic acids is 1. The summed E-state index contributed by atoms with van der Waals surface area (Å²) in [5.41, 5.74) is 2.12. The van der Waals surface area contributed by atoms with Crippen LogP contribution in [0.1, 0.15) is 25.0 Å². The highest BCUT2D eigenvalue weighted by molar-refractivity contribution is 5.91. The summed E-state index contributed by atoms with van der Waals surface area (Å²) in [5, 5.41) is 0. The highest BCUT2D eigenvalue weighted by atomic mass is 16.5. The molecular weight excluding hydrogens is 300 g/mol. The molecule has 0 aliphatic heterocycles. The molecule has 0 radical (unpaired) electrons. The molecule has 0 saturated heterocycles. The van der Waals surface area contributed by atoms with Gasteiger partial charge in [-0.2, -0.15) is 0 Å². The molecule has 1 amide bonds. The molecule has 0 atom stereocenters. The number of benzene rings is 1. The lowest BCUT2D eigenvalue weighted by atomic mass is 10.2. The van der Waals surface area contributed by atoms with E-state index in [9.17, 15) is 4.79 Å². The van der Waals surface area contributed by atoms with Crippen molar-refractivity contribution in [3.05, 3.63) is 66.0 Å². The number of likely N-dealkylation sites (N-methyl/N-ethyl adjacent to an activating group) is 1. The van der Waals surface area contributed by atoms with Crippen LogP contribution in [-0.4, -0.2) is 35.5 Å². The number of rotatable bonds is 7. The van der Waals surface area contributed by atoms with Crippen molar-refractivity contribution in [1.82, 2.24) is 9.88 Å². The first-order valence-corrected chi connectivity index (χ1v) is 8.13.